The first-order valence-electron chi connectivity index (χ1n) is 7.29. The van der Waals surface area contributed by atoms with Crippen LogP contribution >= 0.6 is 0 Å². The van der Waals surface area contributed by atoms with Gasteiger partial charge in [-0.3, -0.25) is 0 Å². The Balaban J connectivity index is 1.72. The molecule has 0 aromatic rings. The summed E-state index contributed by atoms with van der Waals surface area (Å²) in [6.07, 6.45) is 10.9. The maximum Gasteiger partial charge on any atom is 0.00964 e. The molecule has 0 radical (unpaired) electrons. The topological polar surface area (TPSA) is 29.3 Å². The molecule has 0 unspecified atom stereocenters. The molecule has 1 aliphatic heterocycles. The van der Waals surface area contributed by atoms with Crippen LogP contribution in [-0.2, 0) is 0 Å². The quantitative estimate of drug-likeness (QED) is 0.798. The monoisotopic (exact) mass is 224 g/mol. The molecule has 0 spiro atoms. The largest absolute Gasteiger partial charge is 0.328 e. The summed E-state index contributed by atoms with van der Waals surface area (Å²) in [5.74, 6) is 1.02. The summed E-state index contributed by atoms with van der Waals surface area (Å²) in [7, 11) is 0. The molecule has 1 aliphatic carbocycles. The first-order chi connectivity index (χ1) is 7.79. The summed E-state index contributed by atoms with van der Waals surface area (Å²) in [6, 6.07) is 1.36. The number of nitrogens with zero attached hydrogens (tertiary/aromatic N) is 1. The zero-order chi connectivity index (χ0) is 11.4. The lowest BCUT2D eigenvalue weighted by molar-refractivity contribution is 0.100. The number of piperidine rings is 1. The zero-order valence-corrected chi connectivity index (χ0v) is 10.8. The molecule has 16 heavy (non-hydrogen) atoms. The number of rotatable bonds is 3. The molecular formula is C14H28N2. The smallest absolute Gasteiger partial charge is 0.00964 e. The first-order valence-corrected chi connectivity index (χ1v) is 7.29. The molecule has 0 aromatic heterocycles. The van der Waals surface area contributed by atoms with Crippen molar-refractivity contribution in [1.29, 1.82) is 0 Å². The number of nitrogens with two attached hydrogens (primary N) is 1. The van der Waals surface area contributed by atoms with Gasteiger partial charge in [0.25, 0.3) is 0 Å². The van der Waals surface area contributed by atoms with Crippen molar-refractivity contribution in [3.63, 3.8) is 0 Å². The van der Waals surface area contributed by atoms with E-state index in [0.29, 0.717) is 6.04 Å². The first kappa shape index (κ1) is 12.4. The van der Waals surface area contributed by atoms with Crippen molar-refractivity contribution in [2.24, 2.45) is 11.7 Å². The van der Waals surface area contributed by atoms with E-state index < -0.39 is 0 Å². The molecule has 0 aromatic carbocycles. The van der Waals surface area contributed by atoms with Crippen LogP contribution in [0.25, 0.3) is 0 Å². The molecule has 1 heterocycles. The Labute approximate surface area is 101 Å². The van der Waals surface area contributed by atoms with Crippen molar-refractivity contribution in [2.45, 2.75) is 70.4 Å². The minimum Gasteiger partial charge on any atom is -0.328 e. The van der Waals surface area contributed by atoms with E-state index >= 15 is 0 Å². The summed E-state index contributed by atoms with van der Waals surface area (Å²) in [5, 5.41) is 0. The number of hydrogen-bond donors (Lipinski definition) is 1. The second kappa shape index (κ2) is 6.02. The van der Waals surface area contributed by atoms with Crippen molar-refractivity contribution in [3.8, 4) is 0 Å². The Hall–Kier alpha value is -0.0800. The van der Waals surface area contributed by atoms with Gasteiger partial charge in [-0.05, 0) is 57.5 Å². The van der Waals surface area contributed by atoms with Crippen molar-refractivity contribution < 1.29 is 0 Å². The van der Waals surface area contributed by atoms with Crippen LogP contribution in [0.2, 0.25) is 0 Å². The zero-order valence-electron chi connectivity index (χ0n) is 10.8. The van der Waals surface area contributed by atoms with Crippen LogP contribution in [0, 0.1) is 5.92 Å². The molecule has 2 fully saturated rings. The molecule has 0 amide bonds. The van der Waals surface area contributed by atoms with Crippen LogP contribution in [0.5, 0.6) is 0 Å². The lowest BCUT2D eigenvalue weighted by Gasteiger charge is -2.40. The molecule has 2 rings (SSSR count). The Morgan fingerprint density at radius 2 is 1.62 bits per heavy atom. The van der Waals surface area contributed by atoms with E-state index in [1.165, 1.54) is 64.5 Å². The highest BCUT2D eigenvalue weighted by atomic mass is 15.2. The maximum atomic E-state index is 5.97. The molecular weight excluding hydrogens is 196 g/mol. The van der Waals surface area contributed by atoms with Crippen molar-refractivity contribution >= 4 is 0 Å². The highest BCUT2D eigenvalue weighted by molar-refractivity contribution is 4.83. The fourth-order valence-corrected chi connectivity index (χ4v) is 3.48. The molecule has 2 nitrogen and oxygen atoms in total. The van der Waals surface area contributed by atoms with Crippen LogP contribution in [0.3, 0.4) is 0 Å². The van der Waals surface area contributed by atoms with Gasteiger partial charge in [-0.15, -0.1) is 0 Å². The van der Waals surface area contributed by atoms with E-state index in [4.69, 9.17) is 5.73 Å². The van der Waals surface area contributed by atoms with Crippen LogP contribution in [-0.4, -0.2) is 30.1 Å². The van der Waals surface area contributed by atoms with Gasteiger partial charge in [-0.1, -0.05) is 19.8 Å². The normalized spacial score (nSPS) is 34.1. The predicted octanol–water partition coefficient (Wildman–Crippen LogP) is 2.77. The van der Waals surface area contributed by atoms with Crippen molar-refractivity contribution in [2.75, 3.05) is 13.1 Å². The third-order valence-corrected chi connectivity index (χ3v) is 4.60. The molecule has 2 heteroatoms. The summed E-state index contributed by atoms with van der Waals surface area (Å²) < 4.78 is 0. The Morgan fingerprint density at radius 3 is 2.19 bits per heavy atom. The molecule has 94 valence electrons. The molecule has 0 atom stereocenters. The molecule has 1 saturated heterocycles. The average molecular weight is 224 g/mol. The van der Waals surface area contributed by atoms with Crippen LogP contribution in [0.4, 0.5) is 0 Å². The van der Waals surface area contributed by atoms with Gasteiger partial charge >= 0.3 is 0 Å². The van der Waals surface area contributed by atoms with E-state index in [1.807, 2.05) is 0 Å². The highest BCUT2D eigenvalue weighted by Crippen LogP contribution is 2.28. The van der Waals surface area contributed by atoms with Gasteiger partial charge in [0.2, 0.25) is 0 Å². The summed E-state index contributed by atoms with van der Waals surface area (Å²) in [6.45, 7) is 5.02. The second-order valence-electron chi connectivity index (χ2n) is 5.84. The van der Waals surface area contributed by atoms with Gasteiger partial charge in [0.05, 0.1) is 0 Å². The Morgan fingerprint density at radius 1 is 1.00 bits per heavy atom. The molecule has 2 aliphatic rings. The van der Waals surface area contributed by atoms with Crippen LogP contribution in [0.15, 0.2) is 0 Å². The van der Waals surface area contributed by atoms with Gasteiger partial charge in [0.1, 0.15) is 0 Å². The van der Waals surface area contributed by atoms with E-state index in [-0.39, 0.29) is 0 Å². The fraction of sp³-hybridized carbons (Fsp3) is 1.00. The highest BCUT2D eigenvalue weighted by Gasteiger charge is 2.27. The second-order valence-corrected chi connectivity index (χ2v) is 5.84. The van der Waals surface area contributed by atoms with E-state index in [2.05, 4.69) is 11.8 Å². The number of likely N-dealkylation sites (tertiary alicyclic amines) is 1. The van der Waals surface area contributed by atoms with Crippen molar-refractivity contribution in [1.82, 2.24) is 4.90 Å². The van der Waals surface area contributed by atoms with Gasteiger partial charge in [0, 0.05) is 12.1 Å². The minimum atomic E-state index is 0.494. The standard InChI is InChI=1S/C14H28N2/c1-2-3-12-8-10-16(11-9-12)14-6-4-13(15)5-7-14/h12-14H,2-11,15H2,1H3. The third kappa shape index (κ3) is 3.21. The minimum absolute atomic E-state index is 0.494. The van der Waals surface area contributed by atoms with Crippen LogP contribution < -0.4 is 5.73 Å². The third-order valence-electron chi connectivity index (χ3n) is 4.60. The molecule has 1 saturated carbocycles. The fourth-order valence-electron chi connectivity index (χ4n) is 3.48. The summed E-state index contributed by atoms with van der Waals surface area (Å²) in [4.78, 5) is 2.75. The van der Waals surface area contributed by atoms with Crippen molar-refractivity contribution in [3.05, 3.63) is 0 Å². The molecule has 2 N–H and O–H groups in total. The van der Waals surface area contributed by atoms with E-state index in [0.717, 1.165) is 12.0 Å². The summed E-state index contributed by atoms with van der Waals surface area (Å²) in [5.41, 5.74) is 5.97. The lowest BCUT2D eigenvalue weighted by atomic mass is 9.87. The van der Waals surface area contributed by atoms with Crippen LogP contribution in [0.1, 0.15) is 58.3 Å². The SMILES string of the molecule is CCCC1CCN(C2CCC(N)CC2)CC1. The van der Waals surface area contributed by atoms with Gasteiger partial charge in [-0.25, -0.2) is 0 Å². The van der Waals surface area contributed by atoms with Gasteiger partial charge < -0.3 is 10.6 Å². The van der Waals surface area contributed by atoms with Gasteiger partial charge in [0.15, 0.2) is 0 Å². The predicted molar refractivity (Wildman–Crippen MR) is 69.4 cm³/mol. The van der Waals surface area contributed by atoms with Gasteiger partial charge in [-0.2, -0.15) is 0 Å². The Kier molecular flexibility index (Phi) is 4.66. The van der Waals surface area contributed by atoms with E-state index in [9.17, 15) is 0 Å². The average Bonchev–Trinajstić information content (AvgIpc) is 2.32. The Bertz CT molecular complexity index is 189. The maximum absolute atomic E-state index is 5.97. The molecule has 0 bridgehead atoms. The lowest BCUT2D eigenvalue weighted by Crippen LogP contribution is -2.44. The number of hydrogen-bond acceptors (Lipinski definition) is 2. The van der Waals surface area contributed by atoms with E-state index in [1.54, 1.807) is 0 Å². The summed E-state index contributed by atoms with van der Waals surface area (Å²) >= 11 is 0.